The first kappa shape index (κ1) is 19.0. The van der Waals surface area contributed by atoms with Crippen LogP contribution in [0.2, 0.25) is 0 Å². The van der Waals surface area contributed by atoms with Crippen molar-refractivity contribution >= 4 is 23.2 Å². The van der Waals surface area contributed by atoms with Crippen LogP contribution in [0.25, 0.3) is 0 Å². The Bertz CT molecular complexity index is 1000. The lowest BCUT2D eigenvalue weighted by Crippen LogP contribution is -2.22. The highest BCUT2D eigenvalue weighted by Gasteiger charge is 2.14. The lowest BCUT2D eigenvalue weighted by molar-refractivity contribution is 0.215. The summed E-state index contributed by atoms with van der Waals surface area (Å²) >= 11 is 0. The van der Waals surface area contributed by atoms with Crippen molar-refractivity contribution in [2.45, 2.75) is 6.54 Å². The molecule has 0 bridgehead atoms. The standard InChI is InChI=1S/C20H21N5O3/c1-25(2)16-8-5-7-14(12-16)24-20(27)28-18-17(9-11-22-19(18)26)23-13-15-6-3-4-10-21-15/h3-12H,13H2,1-2H3,(H,24,27)(H2,22,23,26). The van der Waals surface area contributed by atoms with Crippen LogP contribution in [0.15, 0.2) is 65.7 Å². The molecule has 0 spiro atoms. The predicted octanol–water partition coefficient (Wildman–Crippen LogP) is 3.06. The van der Waals surface area contributed by atoms with E-state index in [0.717, 1.165) is 11.4 Å². The Morgan fingerprint density at radius 1 is 1.18 bits per heavy atom. The van der Waals surface area contributed by atoms with Gasteiger partial charge in [0.05, 0.1) is 17.9 Å². The maximum Gasteiger partial charge on any atom is 0.417 e. The van der Waals surface area contributed by atoms with Crippen LogP contribution >= 0.6 is 0 Å². The molecular weight excluding hydrogens is 358 g/mol. The van der Waals surface area contributed by atoms with Crippen molar-refractivity contribution < 1.29 is 9.53 Å². The number of nitrogens with one attached hydrogen (secondary N) is 3. The van der Waals surface area contributed by atoms with Gasteiger partial charge < -0.3 is 19.9 Å². The van der Waals surface area contributed by atoms with Crippen LogP contribution in [0.5, 0.6) is 5.75 Å². The van der Waals surface area contributed by atoms with Crippen molar-refractivity contribution in [3.05, 3.63) is 77.0 Å². The Balaban J connectivity index is 1.72. The Morgan fingerprint density at radius 3 is 2.79 bits per heavy atom. The molecule has 3 rings (SSSR count). The molecule has 1 amide bonds. The number of H-pyrrole nitrogens is 1. The number of benzene rings is 1. The van der Waals surface area contributed by atoms with Crippen LogP contribution in [0.1, 0.15) is 5.69 Å². The third-order valence-electron chi connectivity index (χ3n) is 3.91. The van der Waals surface area contributed by atoms with E-state index >= 15 is 0 Å². The van der Waals surface area contributed by atoms with Crippen molar-refractivity contribution in [1.29, 1.82) is 0 Å². The molecule has 2 heterocycles. The van der Waals surface area contributed by atoms with Crippen molar-refractivity contribution in [3.63, 3.8) is 0 Å². The van der Waals surface area contributed by atoms with Crippen molar-refractivity contribution in [3.8, 4) is 5.75 Å². The molecule has 0 atom stereocenters. The molecule has 0 radical (unpaired) electrons. The predicted molar refractivity (Wildman–Crippen MR) is 109 cm³/mol. The van der Waals surface area contributed by atoms with Gasteiger partial charge in [0.25, 0.3) is 5.56 Å². The minimum Gasteiger partial charge on any atom is -0.402 e. The molecule has 8 heteroatoms. The molecule has 28 heavy (non-hydrogen) atoms. The fraction of sp³-hybridized carbons (Fsp3) is 0.150. The number of carbonyl (C=O) groups is 1. The van der Waals surface area contributed by atoms with E-state index in [1.807, 2.05) is 49.3 Å². The van der Waals surface area contributed by atoms with Gasteiger partial charge in [0, 0.05) is 37.9 Å². The van der Waals surface area contributed by atoms with Crippen molar-refractivity contribution in [1.82, 2.24) is 9.97 Å². The molecule has 0 saturated carbocycles. The van der Waals surface area contributed by atoms with Gasteiger partial charge in [-0.05, 0) is 36.4 Å². The summed E-state index contributed by atoms with van der Waals surface area (Å²) in [6.07, 6.45) is 2.41. The van der Waals surface area contributed by atoms with Crippen LogP contribution in [0.4, 0.5) is 21.9 Å². The van der Waals surface area contributed by atoms with E-state index in [4.69, 9.17) is 4.74 Å². The zero-order chi connectivity index (χ0) is 19.9. The summed E-state index contributed by atoms with van der Waals surface area (Å²) in [6, 6.07) is 14.4. The number of aromatic amines is 1. The summed E-state index contributed by atoms with van der Waals surface area (Å²) < 4.78 is 5.28. The molecule has 1 aromatic carbocycles. The van der Waals surface area contributed by atoms with E-state index in [9.17, 15) is 9.59 Å². The van der Waals surface area contributed by atoms with E-state index in [2.05, 4.69) is 20.6 Å². The second-order valence-corrected chi connectivity index (χ2v) is 6.18. The number of nitrogens with zero attached hydrogens (tertiary/aromatic N) is 2. The Hall–Kier alpha value is -3.81. The van der Waals surface area contributed by atoms with Crippen molar-refractivity contribution in [2.75, 3.05) is 29.6 Å². The summed E-state index contributed by atoms with van der Waals surface area (Å²) in [5.74, 6) is -0.111. The molecule has 0 saturated heterocycles. The number of anilines is 3. The molecule has 0 aliphatic heterocycles. The van der Waals surface area contributed by atoms with Gasteiger partial charge in [0.15, 0.2) is 0 Å². The van der Waals surface area contributed by atoms with Crippen LogP contribution in [0.3, 0.4) is 0 Å². The van der Waals surface area contributed by atoms with Gasteiger partial charge in [-0.3, -0.25) is 15.1 Å². The first-order chi connectivity index (χ1) is 13.5. The third-order valence-corrected chi connectivity index (χ3v) is 3.91. The zero-order valence-corrected chi connectivity index (χ0v) is 15.6. The average molecular weight is 379 g/mol. The van der Waals surface area contributed by atoms with Crippen LogP contribution in [-0.2, 0) is 6.54 Å². The fourth-order valence-corrected chi connectivity index (χ4v) is 2.49. The average Bonchev–Trinajstić information content (AvgIpc) is 2.69. The number of pyridine rings is 2. The van der Waals surface area contributed by atoms with E-state index in [1.54, 1.807) is 24.4 Å². The first-order valence-electron chi connectivity index (χ1n) is 8.64. The van der Waals surface area contributed by atoms with Crippen LogP contribution in [-0.4, -0.2) is 30.2 Å². The maximum atomic E-state index is 12.3. The highest BCUT2D eigenvalue weighted by molar-refractivity contribution is 5.87. The van der Waals surface area contributed by atoms with Gasteiger partial charge in [-0.25, -0.2) is 4.79 Å². The van der Waals surface area contributed by atoms with Gasteiger partial charge in [-0.15, -0.1) is 0 Å². The van der Waals surface area contributed by atoms with Gasteiger partial charge in [-0.2, -0.15) is 0 Å². The largest absolute Gasteiger partial charge is 0.417 e. The SMILES string of the molecule is CN(C)c1cccc(NC(=O)Oc2c(NCc3ccccn3)cc[nH]c2=O)c1. The monoisotopic (exact) mass is 379 g/mol. The third kappa shape index (κ3) is 4.88. The lowest BCUT2D eigenvalue weighted by atomic mass is 10.2. The molecular formula is C20H21N5O3. The van der Waals surface area contributed by atoms with Gasteiger partial charge in [0.2, 0.25) is 5.75 Å². The highest BCUT2D eigenvalue weighted by atomic mass is 16.6. The number of amides is 1. The van der Waals surface area contributed by atoms with Crippen LogP contribution in [0, 0.1) is 0 Å². The van der Waals surface area contributed by atoms with Gasteiger partial charge in [-0.1, -0.05) is 12.1 Å². The van der Waals surface area contributed by atoms with Crippen LogP contribution < -0.4 is 25.8 Å². The van der Waals surface area contributed by atoms with E-state index < -0.39 is 11.7 Å². The fourth-order valence-electron chi connectivity index (χ4n) is 2.49. The molecule has 0 aliphatic rings. The highest BCUT2D eigenvalue weighted by Crippen LogP contribution is 2.21. The summed E-state index contributed by atoms with van der Waals surface area (Å²) in [6.45, 7) is 0.382. The topological polar surface area (TPSA) is 99.3 Å². The molecule has 144 valence electrons. The number of aromatic nitrogens is 2. The smallest absolute Gasteiger partial charge is 0.402 e. The number of ether oxygens (including phenoxy) is 1. The van der Waals surface area contributed by atoms with E-state index in [-0.39, 0.29) is 5.75 Å². The first-order valence-corrected chi connectivity index (χ1v) is 8.64. The van der Waals surface area contributed by atoms with E-state index in [0.29, 0.717) is 17.9 Å². The minimum atomic E-state index is -0.756. The quantitative estimate of drug-likeness (QED) is 0.609. The molecule has 0 unspecified atom stereocenters. The maximum absolute atomic E-state index is 12.3. The zero-order valence-electron chi connectivity index (χ0n) is 15.6. The Labute approximate surface area is 162 Å². The molecule has 3 N–H and O–H groups in total. The summed E-state index contributed by atoms with van der Waals surface area (Å²) in [7, 11) is 3.81. The normalized spacial score (nSPS) is 10.2. The summed E-state index contributed by atoms with van der Waals surface area (Å²) in [4.78, 5) is 33.1. The number of hydrogen-bond donors (Lipinski definition) is 3. The number of carbonyl (C=O) groups excluding carboxylic acids is 1. The van der Waals surface area contributed by atoms with Crippen molar-refractivity contribution in [2.24, 2.45) is 0 Å². The minimum absolute atomic E-state index is 0.111. The van der Waals surface area contributed by atoms with Gasteiger partial charge in [0.1, 0.15) is 0 Å². The molecule has 0 fully saturated rings. The Morgan fingerprint density at radius 2 is 2.04 bits per heavy atom. The second kappa shape index (κ2) is 8.72. The molecule has 0 aliphatic carbocycles. The summed E-state index contributed by atoms with van der Waals surface area (Å²) in [5.41, 5.74) is 2.16. The number of rotatable bonds is 6. The number of hydrogen-bond acceptors (Lipinski definition) is 6. The lowest BCUT2D eigenvalue weighted by Gasteiger charge is -2.14. The second-order valence-electron chi connectivity index (χ2n) is 6.18. The van der Waals surface area contributed by atoms with E-state index in [1.165, 1.54) is 6.20 Å². The molecule has 3 aromatic rings. The molecule has 2 aromatic heterocycles. The summed E-state index contributed by atoms with van der Waals surface area (Å²) in [5, 5.41) is 5.70. The molecule has 8 nitrogen and oxygen atoms in total. The Kier molecular flexibility index (Phi) is 5.91. The van der Waals surface area contributed by atoms with Gasteiger partial charge >= 0.3 is 6.09 Å².